The fourth-order valence-corrected chi connectivity index (χ4v) is 2.14. The Morgan fingerprint density at radius 2 is 2.00 bits per heavy atom. The molecule has 1 saturated heterocycles. The van der Waals surface area contributed by atoms with E-state index in [2.05, 4.69) is 26.9 Å². The minimum atomic E-state index is -0.0497. The van der Waals surface area contributed by atoms with Crippen LogP contribution in [0.2, 0.25) is 0 Å². The number of rotatable bonds is 2. The third-order valence-corrected chi connectivity index (χ3v) is 3.26. The molecule has 0 aromatic carbocycles. The van der Waals surface area contributed by atoms with Gasteiger partial charge in [-0.25, -0.2) is 4.98 Å². The second-order valence-corrected chi connectivity index (χ2v) is 4.31. The highest BCUT2D eigenvalue weighted by Gasteiger charge is 2.22. The van der Waals surface area contributed by atoms with E-state index in [9.17, 15) is 0 Å². The minimum Gasteiger partial charge on any atom is -0.353 e. The van der Waals surface area contributed by atoms with E-state index in [-0.39, 0.29) is 6.04 Å². The molecule has 1 aliphatic heterocycles. The van der Waals surface area contributed by atoms with Gasteiger partial charge in [-0.1, -0.05) is 0 Å². The van der Waals surface area contributed by atoms with E-state index in [1.807, 2.05) is 6.92 Å². The van der Waals surface area contributed by atoms with Gasteiger partial charge in [0.2, 0.25) is 0 Å². The molecular formula is C13H15N5. The molecule has 0 radical (unpaired) electrons. The summed E-state index contributed by atoms with van der Waals surface area (Å²) in [5.74, 6) is 0.754. The van der Waals surface area contributed by atoms with E-state index >= 15 is 0 Å². The number of aromatic nitrogens is 1. The maximum absolute atomic E-state index is 9.06. The zero-order valence-corrected chi connectivity index (χ0v) is 10.4. The minimum absolute atomic E-state index is 0.0497. The molecule has 1 atom stereocenters. The number of nitrogens with zero attached hydrogens (tertiary/aromatic N) is 5. The molecule has 0 aliphatic carbocycles. The third-order valence-electron chi connectivity index (χ3n) is 3.26. The number of hydrogen-bond donors (Lipinski definition) is 0. The first-order valence-electron chi connectivity index (χ1n) is 6.00. The van der Waals surface area contributed by atoms with Crippen LogP contribution in [0.15, 0.2) is 18.3 Å². The van der Waals surface area contributed by atoms with Gasteiger partial charge in [0, 0.05) is 32.4 Å². The predicted octanol–water partition coefficient (Wildman–Crippen LogP) is 0.987. The van der Waals surface area contributed by atoms with Gasteiger partial charge in [0.15, 0.2) is 0 Å². The Morgan fingerprint density at radius 1 is 1.28 bits per heavy atom. The van der Waals surface area contributed by atoms with E-state index < -0.39 is 0 Å². The summed E-state index contributed by atoms with van der Waals surface area (Å²) >= 11 is 0. The lowest BCUT2D eigenvalue weighted by molar-refractivity contribution is 0.231. The number of hydrogen-bond acceptors (Lipinski definition) is 5. The van der Waals surface area contributed by atoms with Crippen LogP contribution in [0.25, 0.3) is 0 Å². The second kappa shape index (κ2) is 5.48. The molecule has 1 fully saturated rings. The Balaban J connectivity index is 2.07. The maximum atomic E-state index is 9.06. The first-order chi connectivity index (χ1) is 8.76. The lowest BCUT2D eigenvalue weighted by Crippen LogP contribution is -2.49. The van der Waals surface area contributed by atoms with Gasteiger partial charge in [-0.2, -0.15) is 10.5 Å². The maximum Gasteiger partial charge on any atom is 0.146 e. The van der Waals surface area contributed by atoms with Crippen molar-refractivity contribution in [2.24, 2.45) is 0 Å². The van der Waals surface area contributed by atoms with Gasteiger partial charge < -0.3 is 4.90 Å². The molecule has 92 valence electrons. The van der Waals surface area contributed by atoms with Crippen molar-refractivity contribution in [3.8, 4) is 12.1 Å². The van der Waals surface area contributed by atoms with Crippen LogP contribution in [0.4, 0.5) is 5.82 Å². The molecule has 0 saturated carbocycles. The molecule has 1 aliphatic rings. The standard InChI is InChI=1S/C13H15N5/c1-11(9-14)17-5-7-18(8-6-17)13-12(10-15)3-2-4-16-13/h2-4,11H,5-8H2,1H3. The zero-order valence-electron chi connectivity index (χ0n) is 10.4. The first-order valence-corrected chi connectivity index (χ1v) is 6.00. The molecule has 1 unspecified atom stereocenters. The molecule has 2 heterocycles. The normalized spacial score (nSPS) is 17.8. The van der Waals surface area contributed by atoms with Crippen molar-refractivity contribution in [2.75, 3.05) is 31.1 Å². The molecule has 0 amide bonds. The summed E-state index contributed by atoms with van der Waals surface area (Å²) in [5.41, 5.74) is 0.610. The summed E-state index contributed by atoms with van der Waals surface area (Å²) in [6.07, 6.45) is 1.71. The van der Waals surface area contributed by atoms with Gasteiger partial charge >= 0.3 is 0 Å². The van der Waals surface area contributed by atoms with Crippen molar-refractivity contribution in [1.29, 1.82) is 10.5 Å². The van der Waals surface area contributed by atoms with Crippen molar-refractivity contribution in [1.82, 2.24) is 9.88 Å². The van der Waals surface area contributed by atoms with Crippen LogP contribution in [0, 0.1) is 22.7 Å². The van der Waals surface area contributed by atoms with Crippen molar-refractivity contribution in [3.63, 3.8) is 0 Å². The van der Waals surface area contributed by atoms with E-state index in [1.165, 1.54) is 0 Å². The summed E-state index contributed by atoms with van der Waals surface area (Å²) in [5, 5.41) is 17.9. The highest BCUT2D eigenvalue weighted by atomic mass is 15.3. The largest absolute Gasteiger partial charge is 0.353 e. The average Bonchev–Trinajstić information content (AvgIpc) is 2.46. The Morgan fingerprint density at radius 3 is 2.61 bits per heavy atom. The van der Waals surface area contributed by atoms with Crippen LogP contribution in [-0.4, -0.2) is 42.1 Å². The van der Waals surface area contributed by atoms with Crippen molar-refractivity contribution < 1.29 is 0 Å². The Kier molecular flexibility index (Phi) is 3.76. The summed E-state index contributed by atoms with van der Waals surface area (Å²) in [7, 11) is 0. The molecule has 0 bridgehead atoms. The molecule has 1 aromatic rings. The van der Waals surface area contributed by atoms with E-state index in [4.69, 9.17) is 10.5 Å². The van der Waals surface area contributed by atoms with Gasteiger partial charge in [0.25, 0.3) is 0 Å². The quantitative estimate of drug-likeness (QED) is 0.772. The third kappa shape index (κ3) is 2.42. The van der Waals surface area contributed by atoms with Crippen LogP contribution in [-0.2, 0) is 0 Å². The highest BCUT2D eigenvalue weighted by Crippen LogP contribution is 2.18. The lowest BCUT2D eigenvalue weighted by Gasteiger charge is -2.36. The first kappa shape index (κ1) is 12.3. The smallest absolute Gasteiger partial charge is 0.146 e. The molecule has 18 heavy (non-hydrogen) atoms. The Bertz CT molecular complexity index is 491. The number of anilines is 1. The number of piperazine rings is 1. The van der Waals surface area contributed by atoms with E-state index in [0.717, 1.165) is 32.0 Å². The van der Waals surface area contributed by atoms with Gasteiger partial charge in [-0.05, 0) is 19.1 Å². The number of pyridine rings is 1. The molecular weight excluding hydrogens is 226 g/mol. The molecule has 2 rings (SSSR count). The van der Waals surface area contributed by atoms with Crippen LogP contribution < -0.4 is 4.90 Å². The van der Waals surface area contributed by atoms with Gasteiger partial charge in [0.05, 0.1) is 17.7 Å². The highest BCUT2D eigenvalue weighted by molar-refractivity contribution is 5.53. The molecule has 5 heteroatoms. The Labute approximate surface area is 107 Å². The summed E-state index contributed by atoms with van der Waals surface area (Å²) < 4.78 is 0. The number of nitriles is 2. The van der Waals surface area contributed by atoms with Crippen molar-refractivity contribution in [2.45, 2.75) is 13.0 Å². The van der Waals surface area contributed by atoms with Crippen LogP contribution >= 0.6 is 0 Å². The van der Waals surface area contributed by atoms with Gasteiger partial charge in [0.1, 0.15) is 11.9 Å². The van der Waals surface area contributed by atoms with Crippen LogP contribution in [0.3, 0.4) is 0 Å². The van der Waals surface area contributed by atoms with Crippen molar-refractivity contribution in [3.05, 3.63) is 23.9 Å². The fraction of sp³-hybridized carbons (Fsp3) is 0.462. The molecule has 0 N–H and O–H groups in total. The SMILES string of the molecule is CC(C#N)N1CCN(c2ncccc2C#N)CC1. The van der Waals surface area contributed by atoms with Gasteiger partial charge in [-0.3, -0.25) is 4.90 Å². The molecule has 5 nitrogen and oxygen atoms in total. The second-order valence-electron chi connectivity index (χ2n) is 4.31. The predicted molar refractivity (Wildman–Crippen MR) is 67.8 cm³/mol. The van der Waals surface area contributed by atoms with Gasteiger partial charge in [-0.15, -0.1) is 0 Å². The molecule has 1 aromatic heterocycles. The van der Waals surface area contributed by atoms with E-state index in [1.54, 1.807) is 18.3 Å². The molecule has 0 spiro atoms. The average molecular weight is 241 g/mol. The summed E-state index contributed by atoms with van der Waals surface area (Å²) in [6.45, 7) is 5.18. The zero-order chi connectivity index (χ0) is 13.0. The summed E-state index contributed by atoms with van der Waals surface area (Å²) in [4.78, 5) is 8.54. The summed E-state index contributed by atoms with van der Waals surface area (Å²) in [6, 6.07) is 7.93. The topological polar surface area (TPSA) is 67.0 Å². The van der Waals surface area contributed by atoms with E-state index in [0.29, 0.717) is 5.56 Å². The Hall–Kier alpha value is -2.11. The van der Waals surface area contributed by atoms with Crippen LogP contribution in [0.5, 0.6) is 0 Å². The fourth-order valence-electron chi connectivity index (χ4n) is 2.14. The van der Waals surface area contributed by atoms with Crippen LogP contribution in [0.1, 0.15) is 12.5 Å². The van der Waals surface area contributed by atoms with Crippen molar-refractivity contribution >= 4 is 5.82 Å². The lowest BCUT2D eigenvalue weighted by atomic mass is 10.2. The monoisotopic (exact) mass is 241 g/mol.